The van der Waals surface area contributed by atoms with Crippen LogP contribution in [0.25, 0.3) is 10.9 Å². The molecule has 1 saturated heterocycles. The van der Waals surface area contributed by atoms with E-state index in [1.807, 2.05) is 24.0 Å². The zero-order chi connectivity index (χ0) is 12.5. The zero-order valence-electron chi connectivity index (χ0n) is 10.2. The molecule has 2 atom stereocenters. The number of hydrogen-bond donors (Lipinski definition) is 1. The zero-order valence-corrected chi connectivity index (χ0v) is 12.6. The van der Waals surface area contributed by atoms with E-state index in [4.69, 9.17) is 0 Å². The van der Waals surface area contributed by atoms with Crippen LogP contribution in [0.15, 0.2) is 34.9 Å². The number of rotatable bonds is 1. The van der Waals surface area contributed by atoms with Gasteiger partial charge in [0, 0.05) is 26.9 Å². The van der Waals surface area contributed by atoms with E-state index in [-0.39, 0.29) is 0 Å². The number of aromatic nitrogens is 1. The first-order chi connectivity index (χ1) is 8.75. The SMILES string of the molecule is CC1CCNC(c2ccc(Br)c3cccnc23)S1. The van der Waals surface area contributed by atoms with E-state index in [0.717, 1.165) is 16.5 Å². The summed E-state index contributed by atoms with van der Waals surface area (Å²) in [5.74, 6) is 0. The molecule has 2 heterocycles. The Balaban J connectivity index is 2.09. The molecule has 1 aromatic heterocycles. The van der Waals surface area contributed by atoms with Crippen LogP contribution in [0.4, 0.5) is 0 Å². The van der Waals surface area contributed by atoms with Crippen LogP contribution in [0.3, 0.4) is 0 Å². The molecule has 94 valence electrons. The number of thioether (sulfide) groups is 1. The van der Waals surface area contributed by atoms with Crippen LogP contribution in [0.5, 0.6) is 0 Å². The minimum Gasteiger partial charge on any atom is -0.302 e. The topological polar surface area (TPSA) is 24.9 Å². The van der Waals surface area contributed by atoms with Crippen molar-refractivity contribution in [3.63, 3.8) is 0 Å². The fourth-order valence-electron chi connectivity index (χ4n) is 2.32. The molecule has 0 aliphatic carbocycles. The molecule has 0 spiro atoms. The van der Waals surface area contributed by atoms with Crippen LogP contribution in [0.2, 0.25) is 0 Å². The molecule has 0 bridgehead atoms. The van der Waals surface area contributed by atoms with Gasteiger partial charge in [0.25, 0.3) is 0 Å². The quantitative estimate of drug-likeness (QED) is 0.855. The molecular formula is C14H15BrN2S. The van der Waals surface area contributed by atoms with E-state index in [1.54, 1.807) is 0 Å². The van der Waals surface area contributed by atoms with E-state index in [0.29, 0.717) is 10.6 Å². The van der Waals surface area contributed by atoms with Crippen molar-refractivity contribution in [2.24, 2.45) is 0 Å². The van der Waals surface area contributed by atoms with Gasteiger partial charge in [0.05, 0.1) is 10.9 Å². The van der Waals surface area contributed by atoms with E-state index < -0.39 is 0 Å². The van der Waals surface area contributed by atoms with Gasteiger partial charge in [-0.1, -0.05) is 35.0 Å². The standard InChI is InChI=1S/C14H15BrN2S/c1-9-6-8-17-14(18-9)11-4-5-12(15)10-3-2-7-16-13(10)11/h2-5,7,9,14,17H,6,8H2,1H3. The van der Waals surface area contributed by atoms with Crippen LogP contribution < -0.4 is 5.32 Å². The van der Waals surface area contributed by atoms with Gasteiger partial charge in [-0.15, -0.1) is 11.8 Å². The highest BCUT2D eigenvalue weighted by Gasteiger charge is 2.22. The molecule has 4 heteroatoms. The van der Waals surface area contributed by atoms with E-state index in [1.165, 1.54) is 17.4 Å². The van der Waals surface area contributed by atoms with Crippen molar-refractivity contribution in [3.05, 3.63) is 40.5 Å². The lowest BCUT2D eigenvalue weighted by atomic mass is 10.1. The van der Waals surface area contributed by atoms with Gasteiger partial charge in [0.2, 0.25) is 0 Å². The summed E-state index contributed by atoms with van der Waals surface area (Å²) in [4.78, 5) is 4.56. The summed E-state index contributed by atoms with van der Waals surface area (Å²) in [5, 5.41) is 5.84. The number of nitrogens with one attached hydrogen (secondary N) is 1. The number of hydrogen-bond acceptors (Lipinski definition) is 3. The average molecular weight is 323 g/mol. The second kappa shape index (κ2) is 5.19. The van der Waals surface area contributed by atoms with Crippen LogP contribution in [-0.4, -0.2) is 16.8 Å². The van der Waals surface area contributed by atoms with Gasteiger partial charge >= 0.3 is 0 Å². The monoisotopic (exact) mass is 322 g/mol. The van der Waals surface area contributed by atoms with Crippen molar-refractivity contribution < 1.29 is 0 Å². The van der Waals surface area contributed by atoms with E-state index >= 15 is 0 Å². The van der Waals surface area contributed by atoms with Crippen molar-refractivity contribution in [2.75, 3.05) is 6.54 Å². The number of halogens is 1. The Morgan fingerprint density at radius 2 is 2.28 bits per heavy atom. The molecule has 0 saturated carbocycles. The molecule has 0 amide bonds. The van der Waals surface area contributed by atoms with Gasteiger partial charge in [0.15, 0.2) is 0 Å². The summed E-state index contributed by atoms with van der Waals surface area (Å²) in [6.45, 7) is 3.39. The largest absolute Gasteiger partial charge is 0.302 e. The Kier molecular flexibility index (Phi) is 3.59. The summed E-state index contributed by atoms with van der Waals surface area (Å²) in [6, 6.07) is 8.41. The Labute approximate surface area is 120 Å². The highest BCUT2D eigenvalue weighted by molar-refractivity contribution is 9.10. The predicted octanol–water partition coefficient (Wildman–Crippen LogP) is 4.11. The number of fused-ring (bicyclic) bond motifs is 1. The third-order valence-electron chi connectivity index (χ3n) is 3.28. The smallest absolute Gasteiger partial charge is 0.0813 e. The van der Waals surface area contributed by atoms with Crippen LogP contribution in [-0.2, 0) is 0 Å². The summed E-state index contributed by atoms with van der Waals surface area (Å²) in [5.41, 5.74) is 2.40. The lowest BCUT2D eigenvalue weighted by Crippen LogP contribution is -2.29. The maximum Gasteiger partial charge on any atom is 0.0813 e. The maximum absolute atomic E-state index is 4.56. The fraction of sp³-hybridized carbons (Fsp3) is 0.357. The van der Waals surface area contributed by atoms with E-state index in [9.17, 15) is 0 Å². The molecule has 2 nitrogen and oxygen atoms in total. The van der Waals surface area contributed by atoms with Gasteiger partial charge in [-0.2, -0.15) is 0 Å². The van der Waals surface area contributed by atoms with Crippen LogP contribution in [0.1, 0.15) is 24.3 Å². The van der Waals surface area contributed by atoms with Gasteiger partial charge in [-0.05, 0) is 25.1 Å². The molecular weight excluding hydrogens is 308 g/mol. The van der Waals surface area contributed by atoms with Gasteiger partial charge < -0.3 is 5.32 Å². The average Bonchev–Trinajstić information content (AvgIpc) is 2.39. The minimum absolute atomic E-state index is 0.360. The van der Waals surface area contributed by atoms with Crippen LogP contribution >= 0.6 is 27.7 Å². The highest BCUT2D eigenvalue weighted by Crippen LogP contribution is 2.38. The van der Waals surface area contributed by atoms with Crippen molar-refractivity contribution in [2.45, 2.75) is 24.0 Å². The van der Waals surface area contributed by atoms with Gasteiger partial charge in [-0.25, -0.2) is 0 Å². The molecule has 1 fully saturated rings. The second-order valence-corrected chi connectivity index (χ2v) is 7.01. The fourth-order valence-corrected chi connectivity index (χ4v) is 4.04. The molecule has 1 aliphatic rings. The summed E-state index contributed by atoms with van der Waals surface area (Å²) < 4.78 is 1.11. The molecule has 18 heavy (non-hydrogen) atoms. The molecule has 1 aliphatic heterocycles. The Bertz CT molecular complexity index is 573. The summed E-state index contributed by atoms with van der Waals surface area (Å²) in [7, 11) is 0. The summed E-state index contributed by atoms with van der Waals surface area (Å²) >= 11 is 5.59. The third kappa shape index (κ3) is 2.29. The summed E-state index contributed by atoms with van der Waals surface area (Å²) in [6.07, 6.45) is 3.11. The highest BCUT2D eigenvalue weighted by atomic mass is 79.9. The number of benzene rings is 1. The predicted molar refractivity (Wildman–Crippen MR) is 81.9 cm³/mol. The van der Waals surface area contributed by atoms with E-state index in [2.05, 4.69) is 51.4 Å². The third-order valence-corrected chi connectivity index (χ3v) is 5.36. The Hall–Kier alpha value is -0.580. The Morgan fingerprint density at radius 1 is 1.39 bits per heavy atom. The first kappa shape index (κ1) is 12.5. The number of pyridine rings is 1. The first-order valence-electron chi connectivity index (χ1n) is 6.17. The van der Waals surface area contributed by atoms with Crippen molar-refractivity contribution in [1.82, 2.24) is 10.3 Å². The lowest BCUT2D eigenvalue weighted by molar-refractivity contribution is 0.607. The lowest BCUT2D eigenvalue weighted by Gasteiger charge is -2.28. The molecule has 2 unspecified atom stereocenters. The second-order valence-electron chi connectivity index (χ2n) is 4.61. The minimum atomic E-state index is 0.360. The van der Waals surface area contributed by atoms with Crippen LogP contribution in [0, 0.1) is 0 Å². The molecule has 3 rings (SSSR count). The number of nitrogens with zero attached hydrogens (tertiary/aromatic N) is 1. The molecule has 1 N–H and O–H groups in total. The molecule has 1 aromatic carbocycles. The molecule has 2 aromatic rings. The Morgan fingerprint density at radius 3 is 3.11 bits per heavy atom. The normalized spacial score (nSPS) is 24.3. The van der Waals surface area contributed by atoms with Gasteiger partial charge in [0.1, 0.15) is 0 Å². The van der Waals surface area contributed by atoms with Gasteiger partial charge in [-0.3, -0.25) is 4.98 Å². The van der Waals surface area contributed by atoms with Crippen molar-refractivity contribution in [1.29, 1.82) is 0 Å². The van der Waals surface area contributed by atoms with Crippen molar-refractivity contribution in [3.8, 4) is 0 Å². The molecule has 0 radical (unpaired) electrons. The van der Waals surface area contributed by atoms with Crippen molar-refractivity contribution >= 4 is 38.6 Å². The first-order valence-corrected chi connectivity index (χ1v) is 7.91. The maximum atomic E-state index is 4.56.